The molecule has 0 aliphatic heterocycles. The van der Waals surface area contributed by atoms with Crippen LogP contribution in [0.3, 0.4) is 0 Å². The van der Waals surface area contributed by atoms with Crippen molar-refractivity contribution in [3.8, 4) is 6.07 Å². The lowest BCUT2D eigenvalue weighted by Gasteiger charge is -2.07. The maximum absolute atomic E-state index is 13.4. The molecular weight excluding hydrogens is 226 g/mol. The molecule has 6 heteroatoms. The normalized spacial score (nSPS) is 9.71. The molecule has 0 spiro atoms. The van der Waals surface area contributed by atoms with Gasteiger partial charge in [0.1, 0.15) is 6.07 Å². The first-order valence-corrected chi connectivity index (χ1v) is 4.64. The van der Waals surface area contributed by atoms with Crippen LogP contribution in [0.2, 0.25) is 0 Å². The van der Waals surface area contributed by atoms with Crippen molar-refractivity contribution in [2.24, 2.45) is 0 Å². The van der Waals surface area contributed by atoms with E-state index in [0.717, 1.165) is 6.07 Å². The molecule has 1 heterocycles. The minimum Gasteiger partial charge on any atom is -0.335 e. The summed E-state index contributed by atoms with van der Waals surface area (Å²) in [4.78, 5) is 7.57. The molecule has 17 heavy (non-hydrogen) atoms. The van der Waals surface area contributed by atoms with Crippen molar-refractivity contribution in [1.29, 1.82) is 5.26 Å². The Bertz CT molecular complexity index is 592. The Morgan fingerprint density at radius 3 is 2.71 bits per heavy atom. The van der Waals surface area contributed by atoms with Crippen molar-refractivity contribution in [2.75, 3.05) is 5.32 Å². The van der Waals surface area contributed by atoms with E-state index in [1.807, 2.05) is 0 Å². The van der Waals surface area contributed by atoms with Crippen LogP contribution in [0.4, 0.5) is 20.3 Å². The van der Waals surface area contributed by atoms with Crippen molar-refractivity contribution in [1.82, 2.24) is 9.97 Å². The number of hydrogen-bond donors (Lipinski definition) is 1. The van der Waals surface area contributed by atoms with Crippen molar-refractivity contribution in [2.45, 2.75) is 0 Å². The Hall–Kier alpha value is -2.55. The number of halogens is 2. The highest BCUT2D eigenvalue weighted by molar-refractivity contribution is 5.60. The molecule has 0 unspecified atom stereocenters. The van der Waals surface area contributed by atoms with Gasteiger partial charge in [0.05, 0.1) is 5.69 Å². The minimum atomic E-state index is -1.03. The lowest BCUT2D eigenvalue weighted by molar-refractivity contribution is 0.511. The van der Waals surface area contributed by atoms with Crippen molar-refractivity contribution >= 4 is 11.5 Å². The average Bonchev–Trinajstić information content (AvgIpc) is 2.35. The van der Waals surface area contributed by atoms with E-state index < -0.39 is 11.6 Å². The number of nitrogens with one attached hydrogen (secondary N) is 1. The van der Waals surface area contributed by atoms with Crippen molar-refractivity contribution < 1.29 is 8.78 Å². The summed E-state index contributed by atoms with van der Waals surface area (Å²) in [6, 6.07) is 5.49. The summed E-state index contributed by atoms with van der Waals surface area (Å²) in [5, 5.41) is 11.3. The molecule has 0 aliphatic rings. The fourth-order valence-corrected chi connectivity index (χ4v) is 1.24. The summed E-state index contributed by atoms with van der Waals surface area (Å²) >= 11 is 0. The van der Waals surface area contributed by atoms with Gasteiger partial charge in [0.15, 0.2) is 23.1 Å². The van der Waals surface area contributed by atoms with Crippen LogP contribution in [-0.2, 0) is 0 Å². The van der Waals surface area contributed by atoms with Crippen LogP contribution >= 0.6 is 0 Å². The maximum Gasteiger partial charge on any atom is 0.183 e. The van der Waals surface area contributed by atoms with E-state index in [-0.39, 0.29) is 17.2 Å². The van der Waals surface area contributed by atoms with Gasteiger partial charge in [-0.2, -0.15) is 5.26 Å². The van der Waals surface area contributed by atoms with Gasteiger partial charge in [-0.3, -0.25) is 0 Å². The zero-order valence-corrected chi connectivity index (χ0v) is 8.48. The van der Waals surface area contributed by atoms with Gasteiger partial charge in [0, 0.05) is 12.4 Å². The van der Waals surface area contributed by atoms with E-state index in [4.69, 9.17) is 5.26 Å². The second-order valence-electron chi connectivity index (χ2n) is 3.09. The fourth-order valence-electron chi connectivity index (χ4n) is 1.24. The first kappa shape index (κ1) is 11.0. The Morgan fingerprint density at radius 1 is 1.18 bits per heavy atom. The van der Waals surface area contributed by atoms with Gasteiger partial charge in [-0.05, 0) is 12.1 Å². The van der Waals surface area contributed by atoms with Gasteiger partial charge in [-0.15, -0.1) is 0 Å². The first-order chi connectivity index (χ1) is 8.22. The molecule has 0 fully saturated rings. The van der Waals surface area contributed by atoms with E-state index >= 15 is 0 Å². The summed E-state index contributed by atoms with van der Waals surface area (Å²) in [5.41, 5.74) is -0.0850. The number of benzene rings is 1. The van der Waals surface area contributed by atoms with Crippen molar-refractivity contribution in [3.63, 3.8) is 0 Å². The van der Waals surface area contributed by atoms with Crippen LogP contribution in [0.15, 0.2) is 30.6 Å². The number of hydrogen-bond acceptors (Lipinski definition) is 4. The summed E-state index contributed by atoms with van der Waals surface area (Å²) in [6.45, 7) is 0. The van der Waals surface area contributed by atoms with Crippen LogP contribution in [0.25, 0.3) is 0 Å². The van der Waals surface area contributed by atoms with Gasteiger partial charge in [0.25, 0.3) is 0 Å². The Kier molecular flexibility index (Phi) is 2.92. The minimum absolute atomic E-state index is 0.0103. The van der Waals surface area contributed by atoms with Crippen LogP contribution in [0.1, 0.15) is 5.69 Å². The summed E-state index contributed by atoms with van der Waals surface area (Å²) in [6.07, 6.45) is 2.69. The molecule has 0 bridgehead atoms. The molecule has 0 amide bonds. The Balaban J connectivity index is 2.39. The fraction of sp³-hybridized carbons (Fsp3) is 0. The molecule has 0 radical (unpaired) electrons. The SMILES string of the molecule is N#Cc1nccnc1Nc1cccc(F)c1F. The monoisotopic (exact) mass is 232 g/mol. The molecular formula is C11H6F2N4. The average molecular weight is 232 g/mol. The second-order valence-corrected chi connectivity index (χ2v) is 3.09. The molecule has 1 N–H and O–H groups in total. The Morgan fingerprint density at radius 2 is 1.94 bits per heavy atom. The van der Waals surface area contributed by atoms with Crippen LogP contribution in [0, 0.1) is 23.0 Å². The standard InChI is InChI=1S/C11H6F2N4/c12-7-2-1-3-8(10(7)13)17-11-9(6-14)15-4-5-16-11/h1-5H,(H,16,17). The molecule has 1 aromatic heterocycles. The highest BCUT2D eigenvalue weighted by atomic mass is 19.2. The van der Waals surface area contributed by atoms with Crippen LogP contribution in [0.5, 0.6) is 0 Å². The van der Waals surface area contributed by atoms with E-state index in [1.165, 1.54) is 24.5 Å². The van der Waals surface area contributed by atoms with E-state index in [1.54, 1.807) is 6.07 Å². The third-order valence-corrected chi connectivity index (χ3v) is 2.01. The predicted octanol–water partition coefficient (Wildman–Crippen LogP) is 2.37. The molecule has 0 atom stereocenters. The molecule has 2 aromatic rings. The quantitative estimate of drug-likeness (QED) is 0.863. The third kappa shape index (κ3) is 2.18. The largest absolute Gasteiger partial charge is 0.335 e. The number of nitriles is 1. The van der Waals surface area contributed by atoms with Gasteiger partial charge in [-0.25, -0.2) is 18.7 Å². The maximum atomic E-state index is 13.4. The van der Waals surface area contributed by atoms with Gasteiger partial charge in [0.2, 0.25) is 0 Å². The predicted molar refractivity (Wildman–Crippen MR) is 56.4 cm³/mol. The number of aromatic nitrogens is 2. The zero-order valence-electron chi connectivity index (χ0n) is 8.48. The summed E-state index contributed by atoms with van der Waals surface area (Å²) in [7, 11) is 0. The molecule has 0 aliphatic carbocycles. The van der Waals surface area contributed by atoms with Gasteiger partial charge < -0.3 is 5.32 Å². The Labute approximate surface area is 95.6 Å². The number of rotatable bonds is 2. The first-order valence-electron chi connectivity index (χ1n) is 4.64. The van der Waals surface area contributed by atoms with Gasteiger partial charge in [-0.1, -0.05) is 6.07 Å². The molecule has 0 saturated heterocycles. The van der Waals surface area contributed by atoms with E-state index in [2.05, 4.69) is 15.3 Å². The third-order valence-electron chi connectivity index (χ3n) is 2.01. The van der Waals surface area contributed by atoms with Crippen LogP contribution < -0.4 is 5.32 Å². The molecule has 84 valence electrons. The topological polar surface area (TPSA) is 61.6 Å². The van der Waals surface area contributed by atoms with Crippen molar-refractivity contribution in [3.05, 3.63) is 47.9 Å². The highest BCUT2D eigenvalue weighted by Gasteiger charge is 2.10. The summed E-state index contributed by atoms with van der Waals surface area (Å²) < 4.78 is 26.3. The highest BCUT2D eigenvalue weighted by Crippen LogP contribution is 2.21. The molecule has 2 rings (SSSR count). The number of nitrogens with zero attached hydrogens (tertiary/aromatic N) is 3. The zero-order chi connectivity index (χ0) is 12.3. The summed E-state index contributed by atoms with van der Waals surface area (Å²) in [5.74, 6) is -1.92. The molecule has 0 saturated carbocycles. The second kappa shape index (κ2) is 4.53. The number of anilines is 2. The van der Waals surface area contributed by atoms with E-state index in [9.17, 15) is 8.78 Å². The molecule has 4 nitrogen and oxygen atoms in total. The van der Waals surface area contributed by atoms with Crippen LogP contribution in [-0.4, -0.2) is 9.97 Å². The van der Waals surface area contributed by atoms with E-state index in [0.29, 0.717) is 0 Å². The smallest absolute Gasteiger partial charge is 0.183 e. The lowest BCUT2D eigenvalue weighted by Crippen LogP contribution is -2.01. The lowest BCUT2D eigenvalue weighted by atomic mass is 10.3. The van der Waals surface area contributed by atoms with Gasteiger partial charge >= 0.3 is 0 Å². The molecule has 1 aromatic carbocycles.